The van der Waals surface area contributed by atoms with Gasteiger partial charge < -0.3 is 18.8 Å². The van der Waals surface area contributed by atoms with Crippen molar-refractivity contribution in [3.05, 3.63) is 58.9 Å². The van der Waals surface area contributed by atoms with Gasteiger partial charge in [0.05, 0.1) is 24.2 Å². The third-order valence-corrected chi connectivity index (χ3v) is 4.74. The predicted octanol–water partition coefficient (Wildman–Crippen LogP) is 4.52. The highest BCUT2D eigenvalue weighted by Gasteiger charge is 2.19. The van der Waals surface area contributed by atoms with E-state index in [4.69, 9.17) is 25.5 Å². The Labute approximate surface area is 180 Å². The molecule has 0 bridgehead atoms. The van der Waals surface area contributed by atoms with Gasteiger partial charge in [-0.2, -0.15) is 0 Å². The van der Waals surface area contributed by atoms with E-state index in [2.05, 4.69) is 10.2 Å². The molecule has 7 nitrogen and oxygen atoms in total. The van der Waals surface area contributed by atoms with Gasteiger partial charge in [0.25, 0.3) is 5.91 Å². The van der Waals surface area contributed by atoms with Gasteiger partial charge in [-0.25, -0.2) is 0 Å². The quantitative estimate of drug-likeness (QED) is 0.497. The molecule has 2 aromatic carbocycles. The summed E-state index contributed by atoms with van der Waals surface area (Å²) >= 11 is 6.19. The van der Waals surface area contributed by atoms with Crippen molar-refractivity contribution in [2.24, 2.45) is 0 Å². The number of hydrogen-bond donors (Lipinski definition) is 0. The highest BCUT2D eigenvalue weighted by atomic mass is 35.5. The molecule has 158 valence electrons. The van der Waals surface area contributed by atoms with Crippen molar-refractivity contribution in [2.45, 2.75) is 26.8 Å². The maximum absolute atomic E-state index is 12.8. The van der Waals surface area contributed by atoms with Crippen molar-refractivity contribution < 1.29 is 18.7 Å². The molecule has 0 unspecified atom stereocenters. The predicted molar refractivity (Wildman–Crippen MR) is 114 cm³/mol. The van der Waals surface area contributed by atoms with E-state index in [0.717, 1.165) is 12.0 Å². The lowest BCUT2D eigenvalue weighted by molar-refractivity contribution is -0.134. The standard InChI is InChI=1S/C22H24ClN3O4/c1-4-11-26(21(27)14-29-18-10-9-15(2)12-19(18)28-3)13-20-24-25-22(30-20)16-7-5-6-8-17(16)23/h5-10,12H,4,11,13-14H2,1-3H3. The van der Waals surface area contributed by atoms with Gasteiger partial charge in [-0.1, -0.05) is 36.7 Å². The zero-order valence-electron chi connectivity index (χ0n) is 17.2. The third kappa shape index (κ3) is 5.30. The van der Waals surface area contributed by atoms with Crippen LogP contribution in [-0.4, -0.2) is 41.3 Å². The van der Waals surface area contributed by atoms with Gasteiger partial charge in [-0.3, -0.25) is 4.79 Å². The molecule has 1 aromatic heterocycles. The fourth-order valence-electron chi connectivity index (χ4n) is 2.91. The number of ether oxygens (including phenoxy) is 2. The minimum atomic E-state index is -0.183. The van der Waals surface area contributed by atoms with Crippen LogP contribution in [0.25, 0.3) is 11.5 Å². The van der Waals surface area contributed by atoms with Crippen LogP contribution in [0, 0.1) is 6.92 Å². The van der Waals surface area contributed by atoms with E-state index in [1.165, 1.54) is 0 Å². The number of halogens is 1. The van der Waals surface area contributed by atoms with Gasteiger partial charge in [0.15, 0.2) is 18.1 Å². The first-order chi connectivity index (χ1) is 14.5. The van der Waals surface area contributed by atoms with Crippen molar-refractivity contribution >= 4 is 17.5 Å². The van der Waals surface area contributed by atoms with Crippen LogP contribution in [0.3, 0.4) is 0 Å². The number of rotatable bonds is 9. The van der Waals surface area contributed by atoms with E-state index in [9.17, 15) is 4.79 Å². The summed E-state index contributed by atoms with van der Waals surface area (Å²) in [5, 5.41) is 8.64. The van der Waals surface area contributed by atoms with Gasteiger partial charge in [-0.05, 0) is 43.2 Å². The molecule has 3 aromatic rings. The SMILES string of the molecule is CCCN(Cc1nnc(-c2ccccc2Cl)o1)C(=O)COc1ccc(C)cc1OC. The first-order valence-electron chi connectivity index (χ1n) is 9.64. The summed E-state index contributed by atoms with van der Waals surface area (Å²) in [6.07, 6.45) is 0.783. The van der Waals surface area contributed by atoms with Crippen molar-refractivity contribution in [1.82, 2.24) is 15.1 Å². The maximum atomic E-state index is 12.8. The van der Waals surface area contributed by atoms with Crippen LogP contribution in [0.2, 0.25) is 5.02 Å². The summed E-state index contributed by atoms with van der Waals surface area (Å²) in [6, 6.07) is 12.8. The summed E-state index contributed by atoms with van der Waals surface area (Å²) in [4.78, 5) is 14.4. The molecule has 1 heterocycles. The molecule has 0 atom stereocenters. The molecule has 0 radical (unpaired) electrons. The largest absolute Gasteiger partial charge is 0.493 e. The van der Waals surface area contributed by atoms with E-state index in [-0.39, 0.29) is 19.1 Å². The van der Waals surface area contributed by atoms with Crippen LogP contribution in [0.15, 0.2) is 46.9 Å². The number of nitrogens with zero attached hydrogens (tertiary/aromatic N) is 3. The number of benzene rings is 2. The normalized spacial score (nSPS) is 10.7. The molecule has 0 spiro atoms. The van der Waals surface area contributed by atoms with E-state index in [1.54, 1.807) is 30.2 Å². The first kappa shape index (κ1) is 21.6. The number of amides is 1. The molecule has 0 N–H and O–H groups in total. The molecule has 0 aliphatic rings. The number of carbonyl (C=O) groups is 1. The van der Waals surface area contributed by atoms with Gasteiger partial charge in [0.1, 0.15) is 0 Å². The Kier molecular flexibility index (Phi) is 7.30. The fourth-order valence-corrected chi connectivity index (χ4v) is 3.13. The highest BCUT2D eigenvalue weighted by molar-refractivity contribution is 6.33. The van der Waals surface area contributed by atoms with Crippen LogP contribution in [0.4, 0.5) is 0 Å². The van der Waals surface area contributed by atoms with Gasteiger partial charge in [0.2, 0.25) is 11.8 Å². The van der Waals surface area contributed by atoms with E-state index in [1.807, 2.05) is 38.1 Å². The second-order valence-electron chi connectivity index (χ2n) is 6.74. The fraction of sp³-hybridized carbons (Fsp3) is 0.318. The van der Waals surface area contributed by atoms with Crippen molar-refractivity contribution in [3.63, 3.8) is 0 Å². The number of carbonyl (C=O) groups excluding carboxylic acids is 1. The van der Waals surface area contributed by atoms with Gasteiger partial charge in [0, 0.05) is 6.54 Å². The van der Waals surface area contributed by atoms with Gasteiger partial charge >= 0.3 is 0 Å². The Morgan fingerprint density at radius 1 is 1.17 bits per heavy atom. The topological polar surface area (TPSA) is 77.7 Å². The maximum Gasteiger partial charge on any atom is 0.260 e. The number of aromatic nitrogens is 2. The molecule has 0 aliphatic carbocycles. The lowest BCUT2D eigenvalue weighted by Gasteiger charge is -2.20. The minimum absolute atomic E-state index is 0.120. The Morgan fingerprint density at radius 3 is 2.70 bits per heavy atom. The van der Waals surface area contributed by atoms with Crippen molar-refractivity contribution in [3.8, 4) is 23.0 Å². The molecule has 1 amide bonds. The Hall–Kier alpha value is -3.06. The Bertz CT molecular complexity index is 1010. The minimum Gasteiger partial charge on any atom is -0.493 e. The average molecular weight is 430 g/mol. The van der Waals surface area contributed by atoms with Crippen LogP contribution in [0.1, 0.15) is 24.8 Å². The third-order valence-electron chi connectivity index (χ3n) is 4.41. The molecule has 0 aliphatic heterocycles. The molecule has 0 saturated carbocycles. The monoisotopic (exact) mass is 429 g/mol. The smallest absolute Gasteiger partial charge is 0.260 e. The Balaban J connectivity index is 1.67. The number of methoxy groups -OCH3 is 1. The van der Waals surface area contributed by atoms with Crippen LogP contribution in [-0.2, 0) is 11.3 Å². The molecule has 0 saturated heterocycles. The van der Waals surface area contributed by atoms with Crippen molar-refractivity contribution in [2.75, 3.05) is 20.3 Å². The summed E-state index contributed by atoms with van der Waals surface area (Å²) in [7, 11) is 1.57. The summed E-state index contributed by atoms with van der Waals surface area (Å²) < 4.78 is 16.8. The molecule has 3 rings (SSSR count). The zero-order chi connectivity index (χ0) is 21.5. The van der Waals surface area contributed by atoms with Gasteiger partial charge in [-0.15, -0.1) is 10.2 Å². The lowest BCUT2D eigenvalue weighted by atomic mass is 10.2. The average Bonchev–Trinajstić information content (AvgIpc) is 3.20. The summed E-state index contributed by atoms with van der Waals surface area (Å²) in [5.41, 5.74) is 1.70. The molecular weight excluding hydrogens is 406 g/mol. The zero-order valence-corrected chi connectivity index (χ0v) is 18.0. The lowest BCUT2D eigenvalue weighted by Crippen LogP contribution is -2.35. The number of hydrogen-bond acceptors (Lipinski definition) is 6. The van der Waals surface area contributed by atoms with Crippen LogP contribution < -0.4 is 9.47 Å². The second kappa shape index (κ2) is 10.1. The molecule has 0 fully saturated rings. The van der Waals surface area contributed by atoms with E-state index >= 15 is 0 Å². The summed E-state index contributed by atoms with van der Waals surface area (Å²) in [5.74, 6) is 1.58. The highest BCUT2D eigenvalue weighted by Crippen LogP contribution is 2.28. The van der Waals surface area contributed by atoms with Crippen LogP contribution >= 0.6 is 11.6 Å². The van der Waals surface area contributed by atoms with Crippen molar-refractivity contribution in [1.29, 1.82) is 0 Å². The molecule has 30 heavy (non-hydrogen) atoms. The van der Waals surface area contributed by atoms with E-state index < -0.39 is 0 Å². The molecule has 8 heteroatoms. The number of aryl methyl sites for hydroxylation is 1. The second-order valence-corrected chi connectivity index (χ2v) is 7.15. The van der Waals surface area contributed by atoms with Crippen LogP contribution in [0.5, 0.6) is 11.5 Å². The Morgan fingerprint density at radius 2 is 1.97 bits per heavy atom. The first-order valence-corrected chi connectivity index (χ1v) is 10.0. The van der Waals surface area contributed by atoms with E-state index in [0.29, 0.717) is 40.4 Å². The molecular formula is C22H24ClN3O4. The summed E-state index contributed by atoms with van der Waals surface area (Å²) in [6.45, 7) is 4.56.